The third-order valence-electron chi connectivity index (χ3n) is 2.87. The van der Waals surface area contributed by atoms with Crippen LogP contribution in [0.1, 0.15) is 11.1 Å². The van der Waals surface area contributed by atoms with Gasteiger partial charge in [0.25, 0.3) is 10.0 Å². The zero-order chi connectivity index (χ0) is 16.2. The van der Waals surface area contributed by atoms with Gasteiger partial charge < -0.3 is 4.74 Å². The number of ether oxygens (including phenoxy) is 1. The van der Waals surface area contributed by atoms with Gasteiger partial charge in [0.15, 0.2) is 0 Å². The predicted molar refractivity (Wildman–Crippen MR) is 78.1 cm³/mol. The number of hydrogen-bond donors (Lipinski definition) is 1. The van der Waals surface area contributed by atoms with Crippen molar-refractivity contribution >= 4 is 16.1 Å². The van der Waals surface area contributed by atoms with Crippen molar-refractivity contribution in [1.82, 2.24) is 4.72 Å². The van der Waals surface area contributed by atoms with Crippen LogP contribution in [0.5, 0.6) is 0 Å². The number of hydrogen-bond acceptors (Lipinski definition) is 4. The fourth-order valence-corrected chi connectivity index (χ4v) is 2.56. The van der Waals surface area contributed by atoms with Gasteiger partial charge in [-0.15, -0.1) is 0 Å². The van der Waals surface area contributed by atoms with Crippen LogP contribution in [-0.2, 0) is 21.4 Å². The van der Waals surface area contributed by atoms with E-state index >= 15 is 0 Å². The highest BCUT2D eigenvalue weighted by atomic mass is 32.2. The molecule has 0 saturated heterocycles. The molecule has 0 aliphatic heterocycles. The summed E-state index contributed by atoms with van der Waals surface area (Å²) in [5, 5.41) is 0. The summed E-state index contributed by atoms with van der Waals surface area (Å²) >= 11 is 0. The van der Waals surface area contributed by atoms with E-state index in [4.69, 9.17) is 4.74 Å². The van der Waals surface area contributed by atoms with E-state index in [2.05, 4.69) is 0 Å². The van der Waals surface area contributed by atoms with Crippen molar-refractivity contribution in [3.8, 4) is 0 Å². The van der Waals surface area contributed by atoms with Gasteiger partial charge in [-0.2, -0.15) is 0 Å². The molecule has 2 rings (SSSR count). The average molecular weight is 323 g/mol. The summed E-state index contributed by atoms with van der Waals surface area (Å²) < 4.78 is 43.7. The first-order chi connectivity index (χ1) is 10.4. The lowest BCUT2D eigenvalue weighted by Gasteiger charge is -2.08. The lowest BCUT2D eigenvalue weighted by atomic mass is 10.2. The van der Waals surface area contributed by atoms with Gasteiger partial charge in [0.05, 0.1) is 4.90 Å². The van der Waals surface area contributed by atoms with Crippen LogP contribution in [0.4, 0.5) is 9.18 Å². The van der Waals surface area contributed by atoms with Gasteiger partial charge in [-0.1, -0.05) is 35.9 Å². The smallest absolute Gasteiger partial charge is 0.421 e. The molecule has 0 aromatic heterocycles. The molecule has 0 spiro atoms. The second-order valence-corrected chi connectivity index (χ2v) is 6.27. The van der Waals surface area contributed by atoms with Crippen LogP contribution >= 0.6 is 0 Å². The zero-order valence-electron chi connectivity index (χ0n) is 11.7. The Morgan fingerprint density at radius 3 is 2.41 bits per heavy atom. The van der Waals surface area contributed by atoms with Crippen LogP contribution in [-0.4, -0.2) is 14.5 Å². The van der Waals surface area contributed by atoms with Crippen LogP contribution in [0.25, 0.3) is 0 Å². The predicted octanol–water partition coefficient (Wildman–Crippen LogP) is 2.75. The van der Waals surface area contributed by atoms with E-state index in [9.17, 15) is 17.6 Å². The maximum Gasteiger partial charge on any atom is 0.421 e. The van der Waals surface area contributed by atoms with Gasteiger partial charge in [-0.05, 0) is 25.1 Å². The summed E-state index contributed by atoms with van der Waals surface area (Å²) in [5.74, 6) is -0.531. The number of nitrogens with one attached hydrogen (secondary N) is 1. The van der Waals surface area contributed by atoms with E-state index in [-0.39, 0.29) is 17.1 Å². The summed E-state index contributed by atoms with van der Waals surface area (Å²) in [7, 11) is -4.01. The number of carbonyl (C=O) groups excluding carboxylic acids is 1. The fraction of sp³-hybridized carbons (Fsp3) is 0.133. The number of carbonyl (C=O) groups is 1. The summed E-state index contributed by atoms with van der Waals surface area (Å²) in [6, 6.07) is 11.7. The molecule has 7 heteroatoms. The normalized spacial score (nSPS) is 11.0. The molecule has 2 aromatic rings. The molecule has 0 atom stereocenters. The van der Waals surface area contributed by atoms with Gasteiger partial charge in [0.1, 0.15) is 12.4 Å². The van der Waals surface area contributed by atoms with Crippen molar-refractivity contribution in [2.45, 2.75) is 18.4 Å². The Bertz CT molecular complexity index is 772. The second kappa shape index (κ2) is 6.57. The van der Waals surface area contributed by atoms with Crippen LogP contribution in [0, 0.1) is 12.7 Å². The average Bonchev–Trinajstić information content (AvgIpc) is 2.46. The molecule has 0 aliphatic carbocycles. The van der Waals surface area contributed by atoms with E-state index < -0.39 is 21.9 Å². The lowest BCUT2D eigenvalue weighted by Crippen LogP contribution is -2.31. The summed E-state index contributed by atoms with van der Waals surface area (Å²) in [6.07, 6.45) is -1.16. The molecule has 0 unspecified atom stereocenters. The second-order valence-electron chi connectivity index (χ2n) is 4.59. The van der Waals surface area contributed by atoms with Crippen LogP contribution in [0.15, 0.2) is 53.4 Å². The Kier molecular flexibility index (Phi) is 4.77. The number of halogens is 1. The SMILES string of the molecule is Cc1ccc(S(=O)(=O)NC(=O)OCc2ccccc2F)cc1. The molecule has 1 N–H and O–H groups in total. The molecule has 0 radical (unpaired) electrons. The van der Waals surface area contributed by atoms with Crippen LogP contribution in [0.2, 0.25) is 0 Å². The number of rotatable bonds is 4. The van der Waals surface area contributed by atoms with Crippen molar-refractivity contribution in [1.29, 1.82) is 0 Å². The highest BCUT2D eigenvalue weighted by molar-refractivity contribution is 7.90. The highest BCUT2D eigenvalue weighted by Crippen LogP contribution is 2.11. The fourth-order valence-electron chi connectivity index (χ4n) is 1.67. The van der Waals surface area contributed by atoms with Crippen LogP contribution in [0.3, 0.4) is 0 Å². The Balaban J connectivity index is 1.99. The molecule has 0 aliphatic rings. The molecular weight excluding hydrogens is 309 g/mol. The maximum atomic E-state index is 13.4. The van der Waals surface area contributed by atoms with E-state index in [1.807, 2.05) is 6.92 Å². The maximum absolute atomic E-state index is 13.4. The third-order valence-corrected chi connectivity index (χ3v) is 4.19. The van der Waals surface area contributed by atoms with Crippen molar-refractivity contribution in [3.05, 3.63) is 65.5 Å². The minimum absolute atomic E-state index is 0.0547. The summed E-state index contributed by atoms with van der Waals surface area (Å²) in [5.41, 5.74) is 1.05. The van der Waals surface area contributed by atoms with Crippen molar-refractivity contribution < 1.29 is 22.3 Å². The van der Waals surface area contributed by atoms with E-state index in [1.54, 1.807) is 22.9 Å². The number of benzene rings is 2. The molecule has 0 saturated carbocycles. The van der Waals surface area contributed by atoms with Crippen LogP contribution < -0.4 is 4.72 Å². The Hall–Kier alpha value is -2.41. The van der Waals surface area contributed by atoms with Gasteiger partial charge in [-0.25, -0.2) is 22.3 Å². The molecule has 116 valence electrons. The standard InChI is InChI=1S/C15H14FNO4S/c1-11-6-8-13(9-7-11)22(19,20)17-15(18)21-10-12-4-2-3-5-14(12)16/h2-9H,10H2,1H3,(H,17,18). The van der Waals surface area contributed by atoms with Crippen molar-refractivity contribution in [2.24, 2.45) is 0 Å². The Morgan fingerprint density at radius 2 is 1.77 bits per heavy atom. The number of amides is 1. The van der Waals surface area contributed by atoms with Crippen molar-refractivity contribution in [3.63, 3.8) is 0 Å². The van der Waals surface area contributed by atoms with Gasteiger partial charge in [0, 0.05) is 5.56 Å². The first-order valence-electron chi connectivity index (χ1n) is 6.38. The zero-order valence-corrected chi connectivity index (χ0v) is 12.6. The molecule has 0 heterocycles. The summed E-state index contributed by atoms with van der Waals surface area (Å²) in [4.78, 5) is 11.5. The quantitative estimate of drug-likeness (QED) is 0.939. The van der Waals surface area contributed by atoms with Crippen molar-refractivity contribution in [2.75, 3.05) is 0 Å². The Labute approximate surface area is 127 Å². The first kappa shape index (κ1) is 16.0. The van der Waals surface area contributed by atoms with E-state index in [0.717, 1.165) is 5.56 Å². The van der Waals surface area contributed by atoms with Gasteiger partial charge >= 0.3 is 6.09 Å². The Morgan fingerprint density at radius 1 is 1.14 bits per heavy atom. The molecule has 2 aromatic carbocycles. The number of sulfonamides is 1. The molecule has 1 amide bonds. The first-order valence-corrected chi connectivity index (χ1v) is 7.86. The minimum atomic E-state index is -4.01. The largest absolute Gasteiger partial charge is 0.444 e. The number of aryl methyl sites for hydroxylation is 1. The summed E-state index contributed by atoms with van der Waals surface area (Å²) in [6.45, 7) is 1.45. The molecule has 0 fully saturated rings. The molecule has 22 heavy (non-hydrogen) atoms. The van der Waals surface area contributed by atoms with Gasteiger partial charge in [-0.3, -0.25) is 0 Å². The molecule has 5 nitrogen and oxygen atoms in total. The monoisotopic (exact) mass is 323 g/mol. The van der Waals surface area contributed by atoms with Gasteiger partial charge in [0.2, 0.25) is 0 Å². The topological polar surface area (TPSA) is 72.5 Å². The lowest BCUT2D eigenvalue weighted by molar-refractivity contribution is 0.144. The van der Waals surface area contributed by atoms with E-state index in [0.29, 0.717) is 0 Å². The third kappa shape index (κ3) is 4.05. The molecule has 0 bridgehead atoms. The minimum Gasteiger partial charge on any atom is -0.444 e. The highest BCUT2D eigenvalue weighted by Gasteiger charge is 2.18. The molecular formula is C15H14FNO4S. The van der Waals surface area contributed by atoms with E-state index in [1.165, 1.54) is 30.3 Å².